The number of para-hydroxylation sites is 1. The van der Waals surface area contributed by atoms with Crippen molar-refractivity contribution in [2.45, 2.75) is 30.2 Å². The maximum Gasteiger partial charge on any atom is 0.244 e. The van der Waals surface area contributed by atoms with Crippen LogP contribution in [0.25, 0.3) is 10.9 Å². The number of ether oxygens (including phenoxy) is 1. The molecule has 0 spiro atoms. The molecule has 1 amide bonds. The summed E-state index contributed by atoms with van der Waals surface area (Å²) in [5.74, 6) is 0.0912. The summed E-state index contributed by atoms with van der Waals surface area (Å²) in [6.07, 6.45) is 1.24. The smallest absolute Gasteiger partial charge is 0.244 e. The molecule has 174 valence electrons. The van der Waals surface area contributed by atoms with Crippen LogP contribution in [0.2, 0.25) is 0 Å². The first-order valence-corrected chi connectivity index (χ1v) is 12.2. The molecule has 3 aromatic carbocycles. The Hall–Kier alpha value is -3.91. The SMILES string of the molecule is CCOc1ccc2c(c1)c(=O)c(S(=O)(=O)c1ccccc1)cn2CC(=O)Nc1ccccc1C. The zero-order chi connectivity index (χ0) is 24.3. The Labute approximate surface area is 197 Å². The molecule has 8 heteroatoms. The van der Waals surface area contributed by atoms with Gasteiger partial charge < -0.3 is 14.6 Å². The van der Waals surface area contributed by atoms with Crippen molar-refractivity contribution in [1.29, 1.82) is 0 Å². The minimum Gasteiger partial charge on any atom is -0.494 e. The van der Waals surface area contributed by atoms with Crippen molar-refractivity contribution in [3.8, 4) is 5.75 Å². The summed E-state index contributed by atoms with van der Waals surface area (Å²) in [7, 11) is -4.12. The Kier molecular flexibility index (Phi) is 6.51. The number of pyridine rings is 1. The van der Waals surface area contributed by atoms with Crippen molar-refractivity contribution in [3.05, 3.63) is 94.8 Å². The zero-order valence-corrected chi connectivity index (χ0v) is 19.6. The van der Waals surface area contributed by atoms with Crippen molar-refractivity contribution in [2.24, 2.45) is 0 Å². The van der Waals surface area contributed by atoms with Gasteiger partial charge in [-0.1, -0.05) is 36.4 Å². The second-order valence-electron chi connectivity index (χ2n) is 7.74. The predicted molar refractivity (Wildman–Crippen MR) is 131 cm³/mol. The summed E-state index contributed by atoms with van der Waals surface area (Å²) < 4.78 is 33.7. The fourth-order valence-electron chi connectivity index (χ4n) is 3.71. The van der Waals surface area contributed by atoms with Crippen molar-refractivity contribution < 1.29 is 17.9 Å². The average molecular weight is 477 g/mol. The molecule has 0 atom stereocenters. The first-order chi connectivity index (χ1) is 16.3. The van der Waals surface area contributed by atoms with Crippen LogP contribution < -0.4 is 15.5 Å². The summed E-state index contributed by atoms with van der Waals surface area (Å²) >= 11 is 0. The van der Waals surface area contributed by atoms with Gasteiger partial charge in [-0.3, -0.25) is 9.59 Å². The van der Waals surface area contributed by atoms with Gasteiger partial charge in [-0.05, 0) is 55.8 Å². The van der Waals surface area contributed by atoms with Gasteiger partial charge >= 0.3 is 0 Å². The Morgan fingerprint density at radius 3 is 2.41 bits per heavy atom. The lowest BCUT2D eigenvalue weighted by atomic mass is 10.2. The molecule has 0 saturated heterocycles. The average Bonchev–Trinajstić information content (AvgIpc) is 2.83. The van der Waals surface area contributed by atoms with E-state index in [2.05, 4.69) is 5.32 Å². The minimum atomic E-state index is -4.12. The molecular formula is C26H24N2O5S. The molecule has 7 nitrogen and oxygen atoms in total. The van der Waals surface area contributed by atoms with Crippen LogP contribution in [0.3, 0.4) is 0 Å². The topological polar surface area (TPSA) is 94.5 Å². The summed E-state index contributed by atoms with van der Waals surface area (Å²) in [4.78, 5) is 25.8. The van der Waals surface area contributed by atoms with Gasteiger partial charge in [0, 0.05) is 11.9 Å². The van der Waals surface area contributed by atoms with E-state index in [9.17, 15) is 18.0 Å². The Balaban J connectivity index is 1.85. The number of anilines is 1. The molecule has 1 aromatic heterocycles. The monoisotopic (exact) mass is 476 g/mol. The lowest BCUT2D eigenvalue weighted by Gasteiger charge is -2.15. The van der Waals surface area contributed by atoms with Gasteiger partial charge in [0.15, 0.2) is 0 Å². The summed E-state index contributed by atoms with van der Waals surface area (Å²) in [6, 6.07) is 20.0. The Bertz CT molecular complexity index is 1530. The van der Waals surface area contributed by atoms with Gasteiger partial charge in [0.25, 0.3) is 0 Å². The second-order valence-corrected chi connectivity index (χ2v) is 9.66. The second kappa shape index (κ2) is 9.52. The normalized spacial score (nSPS) is 11.4. The van der Waals surface area contributed by atoms with Crippen LogP contribution in [0.4, 0.5) is 5.69 Å². The van der Waals surface area contributed by atoms with Crippen molar-refractivity contribution in [2.75, 3.05) is 11.9 Å². The van der Waals surface area contributed by atoms with Crippen LogP contribution in [-0.2, 0) is 21.2 Å². The van der Waals surface area contributed by atoms with E-state index in [0.29, 0.717) is 23.6 Å². The van der Waals surface area contributed by atoms with Gasteiger partial charge in [0.1, 0.15) is 17.2 Å². The van der Waals surface area contributed by atoms with Gasteiger partial charge in [-0.25, -0.2) is 8.42 Å². The van der Waals surface area contributed by atoms with E-state index in [4.69, 9.17) is 4.74 Å². The van der Waals surface area contributed by atoms with E-state index in [1.807, 2.05) is 32.0 Å². The number of benzene rings is 3. The molecule has 0 aliphatic rings. The number of rotatable bonds is 7. The number of aryl methyl sites for hydroxylation is 1. The number of carbonyl (C=O) groups is 1. The van der Waals surface area contributed by atoms with Crippen molar-refractivity contribution in [1.82, 2.24) is 4.57 Å². The van der Waals surface area contributed by atoms with Gasteiger partial charge in [-0.15, -0.1) is 0 Å². The Morgan fingerprint density at radius 1 is 1.00 bits per heavy atom. The molecule has 1 N–H and O–H groups in total. The number of hydrogen-bond donors (Lipinski definition) is 1. The first kappa shape index (κ1) is 23.3. The van der Waals surface area contributed by atoms with Crippen LogP contribution >= 0.6 is 0 Å². The third-order valence-corrected chi connectivity index (χ3v) is 7.17. The number of amides is 1. The highest BCUT2D eigenvalue weighted by Crippen LogP contribution is 2.24. The van der Waals surface area contributed by atoms with E-state index in [-0.39, 0.29) is 22.7 Å². The highest BCUT2D eigenvalue weighted by molar-refractivity contribution is 7.91. The van der Waals surface area contributed by atoms with Crippen LogP contribution in [0.15, 0.2) is 93.6 Å². The fourth-order valence-corrected chi connectivity index (χ4v) is 5.10. The van der Waals surface area contributed by atoms with Gasteiger partial charge in [0.2, 0.25) is 21.2 Å². The molecule has 0 radical (unpaired) electrons. The predicted octanol–water partition coefficient (Wildman–Crippen LogP) is 4.18. The molecule has 4 rings (SSSR count). The molecule has 0 saturated carbocycles. The standard InChI is InChI=1S/C26H24N2O5S/c1-3-33-19-13-14-23-21(15-19)26(30)24(34(31,32)20-10-5-4-6-11-20)16-28(23)17-25(29)27-22-12-8-7-9-18(22)2/h4-16H,3,17H2,1-2H3,(H,27,29). The number of aromatic nitrogens is 1. The third kappa shape index (κ3) is 4.58. The van der Waals surface area contributed by atoms with Crippen molar-refractivity contribution >= 4 is 32.3 Å². The third-order valence-electron chi connectivity index (χ3n) is 5.41. The molecule has 34 heavy (non-hydrogen) atoms. The Morgan fingerprint density at radius 2 is 1.71 bits per heavy atom. The number of nitrogens with zero attached hydrogens (tertiary/aromatic N) is 1. The van der Waals surface area contributed by atoms with E-state index < -0.39 is 20.2 Å². The van der Waals surface area contributed by atoms with Crippen LogP contribution in [0.1, 0.15) is 12.5 Å². The number of nitrogens with one attached hydrogen (secondary N) is 1. The minimum absolute atomic E-state index is 0.00308. The number of hydrogen-bond acceptors (Lipinski definition) is 5. The van der Waals surface area contributed by atoms with E-state index in [1.54, 1.807) is 36.4 Å². The molecule has 0 aliphatic carbocycles. The van der Waals surface area contributed by atoms with Gasteiger partial charge in [-0.2, -0.15) is 0 Å². The highest BCUT2D eigenvalue weighted by Gasteiger charge is 2.24. The van der Waals surface area contributed by atoms with Crippen LogP contribution in [0.5, 0.6) is 5.75 Å². The zero-order valence-electron chi connectivity index (χ0n) is 18.8. The summed E-state index contributed by atoms with van der Waals surface area (Å²) in [6.45, 7) is 3.90. The van der Waals surface area contributed by atoms with E-state index in [1.165, 1.54) is 29.0 Å². The molecule has 0 bridgehead atoms. The van der Waals surface area contributed by atoms with Crippen molar-refractivity contribution in [3.63, 3.8) is 0 Å². The largest absolute Gasteiger partial charge is 0.494 e. The molecule has 0 fully saturated rings. The molecular weight excluding hydrogens is 452 g/mol. The molecule has 1 heterocycles. The lowest BCUT2D eigenvalue weighted by molar-refractivity contribution is -0.116. The number of sulfone groups is 1. The first-order valence-electron chi connectivity index (χ1n) is 10.8. The van der Waals surface area contributed by atoms with Crippen LogP contribution in [0, 0.1) is 6.92 Å². The molecule has 0 aliphatic heterocycles. The quantitative estimate of drug-likeness (QED) is 0.432. The van der Waals surface area contributed by atoms with Crippen LogP contribution in [-0.4, -0.2) is 25.5 Å². The summed E-state index contributed by atoms with van der Waals surface area (Å²) in [5, 5.41) is 3.01. The molecule has 0 unspecified atom stereocenters. The van der Waals surface area contributed by atoms with E-state index in [0.717, 1.165) is 5.56 Å². The number of fused-ring (bicyclic) bond motifs is 1. The van der Waals surface area contributed by atoms with Gasteiger partial charge in [0.05, 0.1) is 22.4 Å². The summed E-state index contributed by atoms with van der Waals surface area (Å²) in [5.41, 5.74) is 1.35. The molecule has 4 aromatic rings. The number of carbonyl (C=O) groups excluding carboxylic acids is 1. The van der Waals surface area contributed by atoms with E-state index >= 15 is 0 Å². The maximum absolute atomic E-state index is 13.3. The maximum atomic E-state index is 13.3. The lowest BCUT2D eigenvalue weighted by Crippen LogP contribution is -2.24. The highest BCUT2D eigenvalue weighted by atomic mass is 32.2. The fraction of sp³-hybridized carbons (Fsp3) is 0.154.